The molecule has 0 radical (unpaired) electrons. The van der Waals surface area contributed by atoms with Gasteiger partial charge < -0.3 is 5.32 Å². The highest BCUT2D eigenvalue weighted by atomic mass is 16.2. The minimum atomic E-state index is -0.382. The molecule has 1 rings (SSSR count). The molecule has 1 aliphatic rings. The molecule has 3 amide bonds. The lowest BCUT2D eigenvalue weighted by Crippen LogP contribution is -2.40. The van der Waals surface area contributed by atoms with Gasteiger partial charge in [0, 0.05) is 6.04 Å². The molecular weight excluding hydrogens is 144 g/mol. The predicted molar refractivity (Wildman–Crippen MR) is 40.0 cm³/mol. The van der Waals surface area contributed by atoms with Crippen molar-refractivity contribution in [3.8, 4) is 0 Å². The first-order chi connectivity index (χ1) is 5.33. The Balaban J connectivity index is 2.18. The summed E-state index contributed by atoms with van der Waals surface area (Å²) in [6.07, 6.45) is 4.81. The summed E-state index contributed by atoms with van der Waals surface area (Å²) in [5.41, 5.74) is 0. The number of hydrogen-bond donors (Lipinski definition) is 2. The van der Waals surface area contributed by atoms with Crippen molar-refractivity contribution in [3.63, 3.8) is 0 Å². The van der Waals surface area contributed by atoms with E-state index in [0.717, 1.165) is 12.8 Å². The second-order valence-corrected chi connectivity index (χ2v) is 2.72. The molecule has 0 saturated heterocycles. The van der Waals surface area contributed by atoms with Crippen LogP contribution in [-0.2, 0) is 4.79 Å². The Morgan fingerprint density at radius 1 is 1.36 bits per heavy atom. The fourth-order valence-electron chi connectivity index (χ4n) is 1.35. The van der Waals surface area contributed by atoms with Crippen molar-refractivity contribution < 1.29 is 9.59 Å². The molecule has 11 heavy (non-hydrogen) atoms. The van der Waals surface area contributed by atoms with Gasteiger partial charge in [-0.25, -0.2) is 4.79 Å². The Hall–Kier alpha value is -1.06. The number of imide groups is 1. The molecule has 0 aromatic carbocycles. The van der Waals surface area contributed by atoms with E-state index in [-0.39, 0.29) is 12.1 Å². The van der Waals surface area contributed by atoms with Crippen LogP contribution in [-0.4, -0.2) is 18.5 Å². The van der Waals surface area contributed by atoms with Gasteiger partial charge in [0.1, 0.15) is 0 Å². The first-order valence-electron chi connectivity index (χ1n) is 3.83. The number of carbonyl (C=O) groups is 2. The molecule has 0 aliphatic heterocycles. The molecule has 0 heterocycles. The standard InChI is InChI=1S/C7H12N2O2/c10-5-8-7(11)9-6-3-1-2-4-6/h5-6H,1-4H2,(H2,8,9,10,11). The Kier molecular flexibility index (Phi) is 2.89. The molecule has 0 atom stereocenters. The van der Waals surface area contributed by atoms with Crippen molar-refractivity contribution in [2.45, 2.75) is 31.7 Å². The maximum Gasteiger partial charge on any atom is 0.321 e. The molecule has 0 aromatic rings. The quantitative estimate of drug-likeness (QED) is 0.568. The predicted octanol–water partition coefficient (Wildman–Crippen LogP) is 0.385. The summed E-state index contributed by atoms with van der Waals surface area (Å²) in [7, 11) is 0. The largest absolute Gasteiger partial charge is 0.335 e. The summed E-state index contributed by atoms with van der Waals surface area (Å²) in [4.78, 5) is 20.6. The first kappa shape index (κ1) is 8.04. The molecule has 2 N–H and O–H groups in total. The third kappa shape index (κ3) is 2.57. The van der Waals surface area contributed by atoms with Crippen LogP contribution in [0.25, 0.3) is 0 Å². The molecule has 4 nitrogen and oxygen atoms in total. The second kappa shape index (κ2) is 3.95. The maximum atomic E-state index is 10.7. The van der Waals surface area contributed by atoms with Gasteiger partial charge in [0.05, 0.1) is 0 Å². The third-order valence-electron chi connectivity index (χ3n) is 1.88. The van der Waals surface area contributed by atoms with Gasteiger partial charge in [-0.3, -0.25) is 10.1 Å². The summed E-state index contributed by atoms with van der Waals surface area (Å²) in [5.74, 6) is 0. The molecule has 0 unspecified atom stereocenters. The van der Waals surface area contributed by atoms with Crippen LogP contribution in [0.5, 0.6) is 0 Å². The summed E-state index contributed by atoms with van der Waals surface area (Å²) in [6.45, 7) is 0. The summed E-state index contributed by atoms with van der Waals surface area (Å²) < 4.78 is 0. The van der Waals surface area contributed by atoms with Crippen LogP contribution in [0.1, 0.15) is 25.7 Å². The SMILES string of the molecule is O=CNC(=O)NC1CCCC1. The van der Waals surface area contributed by atoms with Gasteiger partial charge in [0.2, 0.25) is 6.41 Å². The van der Waals surface area contributed by atoms with E-state index in [0.29, 0.717) is 6.41 Å². The highest BCUT2D eigenvalue weighted by Gasteiger charge is 2.16. The van der Waals surface area contributed by atoms with Crippen molar-refractivity contribution in [2.75, 3.05) is 0 Å². The van der Waals surface area contributed by atoms with E-state index in [1.807, 2.05) is 5.32 Å². The average Bonchev–Trinajstić information content (AvgIpc) is 2.40. The van der Waals surface area contributed by atoms with Gasteiger partial charge in [-0.2, -0.15) is 0 Å². The van der Waals surface area contributed by atoms with Crippen LogP contribution < -0.4 is 10.6 Å². The molecule has 1 aliphatic carbocycles. The van der Waals surface area contributed by atoms with Crippen LogP contribution >= 0.6 is 0 Å². The van der Waals surface area contributed by atoms with E-state index < -0.39 is 0 Å². The van der Waals surface area contributed by atoms with Crippen LogP contribution in [0.3, 0.4) is 0 Å². The highest BCUT2D eigenvalue weighted by Crippen LogP contribution is 2.17. The van der Waals surface area contributed by atoms with E-state index >= 15 is 0 Å². The van der Waals surface area contributed by atoms with Gasteiger partial charge in [-0.1, -0.05) is 12.8 Å². The Labute approximate surface area is 65.3 Å². The van der Waals surface area contributed by atoms with E-state index in [2.05, 4.69) is 5.32 Å². The van der Waals surface area contributed by atoms with Crippen molar-refractivity contribution in [2.24, 2.45) is 0 Å². The number of urea groups is 1. The van der Waals surface area contributed by atoms with E-state index in [9.17, 15) is 9.59 Å². The fraction of sp³-hybridized carbons (Fsp3) is 0.714. The molecule has 0 bridgehead atoms. The summed E-state index contributed by atoms with van der Waals surface area (Å²) in [5, 5.41) is 4.74. The zero-order valence-corrected chi connectivity index (χ0v) is 6.30. The molecular formula is C7H12N2O2. The number of carbonyl (C=O) groups excluding carboxylic acids is 2. The number of nitrogens with one attached hydrogen (secondary N) is 2. The van der Waals surface area contributed by atoms with Crippen LogP contribution in [0.4, 0.5) is 4.79 Å². The Morgan fingerprint density at radius 2 is 2.00 bits per heavy atom. The van der Waals surface area contributed by atoms with Gasteiger partial charge in [0.15, 0.2) is 0 Å². The zero-order valence-electron chi connectivity index (χ0n) is 6.30. The molecule has 0 aromatic heterocycles. The molecule has 62 valence electrons. The van der Waals surface area contributed by atoms with Gasteiger partial charge >= 0.3 is 6.03 Å². The lowest BCUT2D eigenvalue weighted by atomic mass is 10.3. The maximum absolute atomic E-state index is 10.7. The van der Waals surface area contributed by atoms with E-state index in [1.165, 1.54) is 12.8 Å². The van der Waals surface area contributed by atoms with Gasteiger partial charge in [0.25, 0.3) is 0 Å². The minimum absolute atomic E-state index is 0.273. The van der Waals surface area contributed by atoms with Crippen molar-refractivity contribution in [1.29, 1.82) is 0 Å². The van der Waals surface area contributed by atoms with Crippen LogP contribution in [0.2, 0.25) is 0 Å². The van der Waals surface area contributed by atoms with Gasteiger partial charge in [-0.05, 0) is 12.8 Å². The third-order valence-corrected chi connectivity index (χ3v) is 1.88. The molecule has 0 spiro atoms. The zero-order chi connectivity index (χ0) is 8.10. The topological polar surface area (TPSA) is 58.2 Å². The normalized spacial score (nSPS) is 17.8. The van der Waals surface area contributed by atoms with Crippen molar-refractivity contribution in [3.05, 3.63) is 0 Å². The van der Waals surface area contributed by atoms with Crippen molar-refractivity contribution in [1.82, 2.24) is 10.6 Å². The first-order valence-corrected chi connectivity index (χ1v) is 3.83. The van der Waals surface area contributed by atoms with E-state index in [4.69, 9.17) is 0 Å². The average molecular weight is 156 g/mol. The second-order valence-electron chi connectivity index (χ2n) is 2.72. The Morgan fingerprint density at radius 3 is 2.55 bits per heavy atom. The fourth-order valence-corrected chi connectivity index (χ4v) is 1.35. The smallest absolute Gasteiger partial charge is 0.321 e. The number of hydrogen-bond acceptors (Lipinski definition) is 2. The molecule has 1 saturated carbocycles. The molecule has 1 fully saturated rings. The number of rotatable bonds is 2. The summed E-state index contributed by atoms with van der Waals surface area (Å²) in [6, 6.07) is -0.109. The Bertz CT molecular complexity index is 153. The molecule has 4 heteroatoms. The minimum Gasteiger partial charge on any atom is -0.335 e. The number of amides is 3. The lowest BCUT2D eigenvalue weighted by molar-refractivity contribution is -0.108. The van der Waals surface area contributed by atoms with Crippen LogP contribution in [0.15, 0.2) is 0 Å². The lowest BCUT2D eigenvalue weighted by Gasteiger charge is -2.09. The van der Waals surface area contributed by atoms with Crippen LogP contribution in [0, 0.1) is 0 Å². The van der Waals surface area contributed by atoms with Crippen molar-refractivity contribution >= 4 is 12.4 Å². The monoisotopic (exact) mass is 156 g/mol. The summed E-state index contributed by atoms with van der Waals surface area (Å²) >= 11 is 0. The highest BCUT2D eigenvalue weighted by molar-refractivity contribution is 5.84. The van der Waals surface area contributed by atoms with E-state index in [1.54, 1.807) is 0 Å². The van der Waals surface area contributed by atoms with Gasteiger partial charge in [-0.15, -0.1) is 0 Å².